The van der Waals surface area contributed by atoms with Gasteiger partial charge in [0.25, 0.3) is 0 Å². The molecule has 0 saturated heterocycles. The zero-order valence-corrected chi connectivity index (χ0v) is 9.90. The minimum atomic E-state index is -0.636. The van der Waals surface area contributed by atoms with Gasteiger partial charge in [-0.1, -0.05) is 6.07 Å². The summed E-state index contributed by atoms with van der Waals surface area (Å²) in [5, 5.41) is 0. The highest BCUT2D eigenvalue weighted by Gasteiger charge is 2.09. The summed E-state index contributed by atoms with van der Waals surface area (Å²) in [5.74, 6) is -0.691. The predicted octanol–water partition coefficient (Wildman–Crippen LogP) is 1.27. The third-order valence-electron chi connectivity index (χ3n) is 2.22. The number of carbonyl (C=O) groups is 1. The van der Waals surface area contributed by atoms with Gasteiger partial charge in [-0.05, 0) is 24.6 Å². The molecule has 0 heterocycles. The largest absolute Gasteiger partial charge is 0.494 e. The Morgan fingerprint density at radius 2 is 2.24 bits per heavy atom. The lowest BCUT2D eigenvalue weighted by Crippen LogP contribution is -2.29. The molecule has 17 heavy (non-hydrogen) atoms. The lowest BCUT2D eigenvalue weighted by Gasteiger charge is -2.08. The van der Waals surface area contributed by atoms with Crippen LogP contribution in [0.15, 0.2) is 18.2 Å². The van der Waals surface area contributed by atoms with E-state index >= 15 is 0 Å². The summed E-state index contributed by atoms with van der Waals surface area (Å²) < 4.78 is 23.0. The van der Waals surface area contributed by atoms with Gasteiger partial charge in [0.1, 0.15) is 6.04 Å². The van der Waals surface area contributed by atoms with Crippen LogP contribution in [-0.4, -0.2) is 25.7 Å². The Hall–Kier alpha value is -1.62. The summed E-state index contributed by atoms with van der Waals surface area (Å²) in [4.78, 5) is 11.1. The molecule has 0 saturated carbocycles. The van der Waals surface area contributed by atoms with Gasteiger partial charge in [-0.3, -0.25) is 4.79 Å². The molecular formula is C12H16FNO3. The third-order valence-corrected chi connectivity index (χ3v) is 2.22. The number of halogens is 1. The van der Waals surface area contributed by atoms with Crippen molar-refractivity contribution in [2.75, 3.05) is 13.7 Å². The Balaban J connectivity index is 2.47. The zero-order chi connectivity index (χ0) is 12.8. The smallest absolute Gasteiger partial charge is 0.322 e. The summed E-state index contributed by atoms with van der Waals surface area (Å²) in [6, 6.07) is 3.99. The lowest BCUT2D eigenvalue weighted by atomic mass is 10.1. The van der Waals surface area contributed by atoms with E-state index in [1.54, 1.807) is 13.0 Å². The first kappa shape index (κ1) is 13.4. The first-order chi connectivity index (χ1) is 8.04. The fourth-order valence-electron chi connectivity index (χ4n) is 1.27. The van der Waals surface area contributed by atoms with E-state index < -0.39 is 17.8 Å². The number of hydrogen-bond acceptors (Lipinski definition) is 4. The molecule has 0 fully saturated rings. The lowest BCUT2D eigenvalue weighted by molar-refractivity contribution is -0.144. The fourth-order valence-corrected chi connectivity index (χ4v) is 1.27. The normalized spacial score (nSPS) is 12.0. The van der Waals surface area contributed by atoms with Crippen molar-refractivity contribution in [2.24, 2.45) is 5.73 Å². The second-order valence-electron chi connectivity index (χ2n) is 3.68. The number of esters is 1. The summed E-state index contributed by atoms with van der Waals surface area (Å²) in [5.41, 5.74) is 6.06. The van der Waals surface area contributed by atoms with Crippen LogP contribution in [0.5, 0.6) is 5.75 Å². The van der Waals surface area contributed by atoms with Crippen LogP contribution in [0.1, 0.15) is 12.5 Å². The van der Waals surface area contributed by atoms with E-state index in [0.717, 1.165) is 5.56 Å². The highest BCUT2D eigenvalue weighted by atomic mass is 19.1. The van der Waals surface area contributed by atoms with Crippen molar-refractivity contribution in [1.29, 1.82) is 0 Å². The standard InChI is InChI=1S/C12H16FNO3/c1-8(14)12(15)17-6-5-9-3-4-11(16-2)10(13)7-9/h3-4,7-8H,5-6,14H2,1-2H3. The minimum absolute atomic E-state index is 0.187. The van der Waals surface area contributed by atoms with Gasteiger partial charge in [-0.25, -0.2) is 4.39 Å². The van der Waals surface area contributed by atoms with Crippen LogP contribution in [0.4, 0.5) is 4.39 Å². The molecule has 0 spiro atoms. The molecule has 1 rings (SSSR count). The quantitative estimate of drug-likeness (QED) is 0.788. The number of benzene rings is 1. The Bertz CT molecular complexity index is 393. The number of carbonyl (C=O) groups excluding carboxylic acids is 1. The maximum absolute atomic E-state index is 13.3. The average molecular weight is 241 g/mol. The molecule has 1 aromatic rings. The number of ether oxygens (including phenoxy) is 2. The minimum Gasteiger partial charge on any atom is -0.494 e. The monoisotopic (exact) mass is 241 g/mol. The van der Waals surface area contributed by atoms with Crippen molar-refractivity contribution in [3.05, 3.63) is 29.6 Å². The Kier molecular flexibility index (Phi) is 4.90. The van der Waals surface area contributed by atoms with Crippen molar-refractivity contribution in [1.82, 2.24) is 0 Å². The molecule has 0 aliphatic rings. The average Bonchev–Trinajstić information content (AvgIpc) is 2.29. The van der Waals surface area contributed by atoms with Gasteiger partial charge in [0.15, 0.2) is 11.6 Å². The van der Waals surface area contributed by atoms with E-state index in [1.165, 1.54) is 19.2 Å². The molecule has 0 bridgehead atoms. The van der Waals surface area contributed by atoms with Gasteiger partial charge in [-0.15, -0.1) is 0 Å². The molecule has 0 radical (unpaired) electrons. The molecule has 0 aliphatic carbocycles. The summed E-state index contributed by atoms with van der Waals surface area (Å²) in [6.45, 7) is 1.74. The molecule has 0 amide bonds. The second kappa shape index (κ2) is 6.20. The maximum Gasteiger partial charge on any atom is 0.322 e. The van der Waals surface area contributed by atoms with E-state index in [0.29, 0.717) is 6.42 Å². The summed E-state index contributed by atoms with van der Waals surface area (Å²) in [7, 11) is 1.41. The van der Waals surface area contributed by atoms with Gasteiger partial charge < -0.3 is 15.2 Å². The van der Waals surface area contributed by atoms with Crippen molar-refractivity contribution in [3.63, 3.8) is 0 Å². The molecule has 2 N–H and O–H groups in total. The topological polar surface area (TPSA) is 61.5 Å². The molecule has 5 heteroatoms. The van der Waals surface area contributed by atoms with Gasteiger partial charge in [0.2, 0.25) is 0 Å². The van der Waals surface area contributed by atoms with Crippen LogP contribution in [0.2, 0.25) is 0 Å². The number of methoxy groups -OCH3 is 1. The van der Waals surface area contributed by atoms with E-state index in [9.17, 15) is 9.18 Å². The molecule has 4 nitrogen and oxygen atoms in total. The van der Waals surface area contributed by atoms with Crippen molar-refractivity contribution in [2.45, 2.75) is 19.4 Å². The highest BCUT2D eigenvalue weighted by molar-refractivity contribution is 5.74. The van der Waals surface area contributed by atoms with Crippen molar-refractivity contribution >= 4 is 5.97 Å². The van der Waals surface area contributed by atoms with Gasteiger partial charge in [-0.2, -0.15) is 0 Å². The molecule has 1 aromatic carbocycles. The number of hydrogen-bond donors (Lipinski definition) is 1. The van der Waals surface area contributed by atoms with E-state index in [4.69, 9.17) is 15.2 Å². The van der Waals surface area contributed by atoms with Crippen molar-refractivity contribution < 1.29 is 18.7 Å². The molecular weight excluding hydrogens is 225 g/mol. The zero-order valence-electron chi connectivity index (χ0n) is 9.90. The number of rotatable bonds is 5. The van der Waals surface area contributed by atoms with E-state index in [2.05, 4.69) is 0 Å². The summed E-state index contributed by atoms with van der Waals surface area (Å²) in [6.07, 6.45) is 0.444. The van der Waals surface area contributed by atoms with Crippen LogP contribution in [0, 0.1) is 5.82 Å². The first-order valence-electron chi connectivity index (χ1n) is 5.29. The Morgan fingerprint density at radius 1 is 1.53 bits per heavy atom. The van der Waals surface area contributed by atoms with E-state index in [1.807, 2.05) is 0 Å². The molecule has 0 aromatic heterocycles. The maximum atomic E-state index is 13.3. The van der Waals surface area contributed by atoms with Crippen LogP contribution in [-0.2, 0) is 16.0 Å². The molecule has 1 atom stereocenters. The summed E-state index contributed by atoms with van der Waals surface area (Å²) >= 11 is 0. The predicted molar refractivity (Wildman–Crippen MR) is 61.3 cm³/mol. The number of nitrogens with two attached hydrogens (primary N) is 1. The first-order valence-corrected chi connectivity index (χ1v) is 5.29. The van der Waals surface area contributed by atoms with Gasteiger partial charge in [0, 0.05) is 6.42 Å². The Morgan fingerprint density at radius 3 is 2.76 bits per heavy atom. The fraction of sp³-hybridized carbons (Fsp3) is 0.417. The molecule has 0 aliphatic heterocycles. The second-order valence-corrected chi connectivity index (χ2v) is 3.68. The van der Waals surface area contributed by atoms with Gasteiger partial charge >= 0.3 is 5.97 Å². The SMILES string of the molecule is COc1ccc(CCOC(=O)C(C)N)cc1F. The van der Waals surface area contributed by atoms with Crippen LogP contribution in [0.25, 0.3) is 0 Å². The van der Waals surface area contributed by atoms with E-state index in [-0.39, 0.29) is 12.4 Å². The van der Waals surface area contributed by atoms with Crippen molar-refractivity contribution in [3.8, 4) is 5.75 Å². The molecule has 94 valence electrons. The Labute approximate surface area is 99.5 Å². The van der Waals surface area contributed by atoms with Crippen LogP contribution in [0.3, 0.4) is 0 Å². The third kappa shape index (κ3) is 4.03. The highest BCUT2D eigenvalue weighted by Crippen LogP contribution is 2.17. The van der Waals surface area contributed by atoms with Gasteiger partial charge in [0.05, 0.1) is 13.7 Å². The van der Waals surface area contributed by atoms with Crippen LogP contribution < -0.4 is 10.5 Å². The van der Waals surface area contributed by atoms with Crippen LogP contribution >= 0.6 is 0 Å². The molecule has 1 unspecified atom stereocenters.